The van der Waals surface area contributed by atoms with Crippen molar-refractivity contribution in [3.05, 3.63) is 0 Å². The van der Waals surface area contributed by atoms with Crippen molar-refractivity contribution in [2.45, 2.75) is 25.7 Å². The maximum absolute atomic E-state index is 9.77. The van der Waals surface area contributed by atoms with E-state index < -0.39 is 11.9 Å². The molecule has 0 aliphatic carbocycles. The van der Waals surface area contributed by atoms with Gasteiger partial charge in [-0.1, -0.05) is 0 Å². The van der Waals surface area contributed by atoms with E-state index >= 15 is 0 Å². The van der Waals surface area contributed by atoms with Crippen molar-refractivity contribution < 1.29 is 58.2 Å². The van der Waals surface area contributed by atoms with E-state index in [0.717, 1.165) is 0 Å². The molecule has 0 atom stereocenters. The Morgan fingerprint density at radius 3 is 1.07 bits per heavy atom. The van der Waals surface area contributed by atoms with Crippen LogP contribution in [0.4, 0.5) is 0 Å². The van der Waals surface area contributed by atoms with Crippen LogP contribution in [-0.2, 0) is 26.1 Å². The van der Waals surface area contributed by atoms with Crippen LogP contribution in [0.25, 0.3) is 0 Å². The number of aliphatic carboxylic acids is 2. The third kappa shape index (κ3) is 42.9. The summed E-state index contributed by atoms with van der Waals surface area (Å²) in [7, 11) is 0. The molecule has 8 nitrogen and oxygen atoms in total. The molecule has 0 saturated heterocycles. The van der Waals surface area contributed by atoms with Crippen molar-refractivity contribution in [3.8, 4) is 0 Å². The molecule has 0 bridgehead atoms. The minimum Gasteiger partial charge on any atom is -0.550 e. The Hall–Kier alpha value is -0.726. The average molecular weight is 275 g/mol. The van der Waals surface area contributed by atoms with Crippen LogP contribution in [0.3, 0.4) is 0 Å². The zero-order chi connectivity index (χ0) is 7.98. The summed E-state index contributed by atoms with van der Waals surface area (Å²) < 4.78 is 0. The van der Waals surface area contributed by atoms with Gasteiger partial charge in [-0.25, -0.2) is 0 Å². The molecule has 15 heavy (non-hydrogen) atoms. The van der Waals surface area contributed by atoms with E-state index in [2.05, 4.69) is 0 Å². The van der Waals surface area contributed by atoms with Gasteiger partial charge in [0.05, 0.1) is 0 Å². The summed E-state index contributed by atoms with van der Waals surface area (Å²) in [5.74, 6) is -2.28. The second-order valence-electron chi connectivity index (χ2n) is 1.95. The molecule has 0 heterocycles. The maximum atomic E-state index is 9.77. The van der Waals surface area contributed by atoms with E-state index in [-0.39, 0.29) is 51.2 Å². The first-order valence-corrected chi connectivity index (χ1v) is 3.02. The normalized spacial score (nSPS) is 6.13. The third-order valence-electron chi connectivity index (χ3n) is 1.01. The fourth-order valence-electron chi connectivity index (χ4n) is 0.539. The second-order valence-corrected chi connectivity index (χ2v) is 1.95. The number of hydrogen-bond acceptors (Lipinski definition) is 4. The molecule has 8 N–H and O–H groups in total. The zero-order valence-corrected chi connectivity index (χ0v) is 8.77. The van der Waals surface area contributed by atoms with Gasteiger partial charge in [-0.3, -0.25) is 0 Å². The number of carbonyl (C=O) groups is 2. The Kier molecular flexibility index (Phi) is 56.9. The molecule has 0 radical (unpaired) electrons. The van der Waals surface area contributed by atoms with Crippen LogP contribution in [-0.4, -0.2) is 33.8 Å². The molecular formula is C6H16NiO8. The topological polar surface area (TPSA) is 206 Å². The smallest absolute Gasteiger partial charge is 0.550 e. The minimum atomic E-state index is -1.14. The summed E-state index contributed by atoms with van der Waals surface area (Å²) >= 11 is 0. The maximum Gasteiger partial charge on any atom is 2.00 e. The molecule has 0 aromatic carbocycles. The van der Waals surface area contributed by atoms with Gasteiger partial charge in [0.15, 0.2) is 0 Å². The summed E-state index contributed by atoms with van der Waals surface area (Å²) in [6.45, 7) is 0. The third-order valence-corrected chi connectivity index (χ3v) is 1.01. The monoisotopic (exact) mass is 274 g/mol. The van der Waals surface area contributed by atoms with Crippen LogP contribution in [0, 0.1) is 0 Å². The van der Waals surface area contributed by atoms with Gasteiger partial charge in [0.2, 0.25) is 0 Å². The van der Waals surface area contributed by atoms with Gasteiger partial charge in [0, 0.05) is 11.9 Å². The van der Waals surface area contributed by atoms with Gasteiger partial charge in [0.25, 0.3) is 0 Å². The summed E-state index contributed by atoms with van der Waals surface area (Å²) in [5.41, 5.74) is 0. The molecule has 9 heteroatoms. The van der Waals surface area contributed by atoms with Crippen molar-refractivity contribution in [2.75, 3.05) is 0 Å². The first-order valence-electron chi connectivity index (χ1n) is 3.02. The van der Waals surface area contributed by atoms with E-state index in [4.69, 9.17) is 0 Å². The van der Waals surface area contributed by atoms with Crippen LogP contribution in [0.1, 0.15) is 25.7 Å². The fraction of sp³-hybridized carbons (Fsp3) is 0.667. The van der Waals surface area contributed by atoms with Gasteiger partial charge < -0.3 is 41.7 Å². The molecule has 0 aliphatic heterocycles. The van der Waals surface area contributed by atoms with Crippen LogP contribution >= 0.6 is 0 Å². The van der Waals surface area contributed by atoms with Gasteiger partial charge in [-0.2, -0.15) is 0 Å². The molecule has 0 aliphatic rings. The van der Waals surface area contributed by atoms with Crippen LogP contribution in [0.5, 0.6) is 0 Å². The molecule has 0 aromatic heterocycles. The van der Waals surface area contributed by atoms with Crippen LogP contribution < -0.4 is 10.2 Å². The Balaban J connectivity index is -0.0000000405. The number of carboxylic acids is 2. The van der Waals surface area contributed by atoms with E-state index in [9.17, 15) is 19.8 Å². The number of carbonyl (C=O) groups excluding carboxylic acids is 2. The van der Waals surface area contributed by atoms with Crippen LogP contribution in [0.15, 0.2) is 0 Å². The summed E-state index contributed by atoms with van der Waals surface area (Å²) in [6.07, 6.45) is 0.535. The largest absolute Gasteiger partial charge is 2.00 e. The quantitative estimate of drug-likeness (QED) is 0.355. The van der Waals surface area contributed by atoms with Gasteiger partial charge >= 0.3 is 16.5 Å². The Morgan fingerprint density at radius 2 is 0.933 bits per heavy atom. The van der Waals surface area contributed by atoms with E-state index in [1.807, 2.05) is 0 Å². The van der Waals surface area contributed by atoms with E-state index in [0.29, 0.717) is 12.8 Å². The average Bonchev–Trinajstić information content (AvgIpc) is 1.79. The molecule has 0 spiro atoms. The minimum absolute atomic E-state index is 0. The predicted molar refractivity (Wildman–Crippen MR) is 42.9 cm³/mol. The molecule has 0 aromatic rings. The van der Waals surface area contributed by atoms with E-state index in [1.165, 1.54) is 0 Å². The first-order chi connectivity index (χ1) is 4.63. The number of unbranched alkanes of at least 4 members (excludes halogenated alkanes) is 1. The van der Waals surface area contributed by atoms with Gasteiger partial charge in [-0.15, -0.1) is 0 Å². The summed E-state index contributed by atoms with van der Waals surface area (Å²) in [4.78, 5) is 19.5. The number of rotatable bonds is 5. The molecule has 0 amide bonds. The second kappa shape index (κ2) is 23.3. The Labute approximate surface area is 96.4 Å². The molecule has 98 valence electrons. The van der Waals surface area contributed by atoms with Crippen molar-refractivity contribution in [1.82, 2.24) is 0 Å². The zero-order valence-electron chi connectivity index (χ0n) is 7.78. The van der Waals surface area contributed by atoms with Crippen molar-refractivity contribution in [2.24, 2.45) is 0 Å². The molecule has 0 unspecified atom stereocenters. The summed E-state index contributed by atoms with van der Waals surface area (Å²) in [6, 6.07) is 0. The fourth-order valence-corrected chi connectivity index (χ4v) is 0.539. The standard InChI is InChI=1S/C6H10O4.Ni.4H2O/c7-5(8)3-1-2-4-6(9)10;;;;;/h1-4H2,(H,7,8)(H,9,10);;4*1H2/q;+2;;;;/p-2. The molecular weight excluding hydrogens is 259 g/mol. The van der Waals surface area contributed by atoms with Crippen molar-refractivity contribution in [1.29, 1.82) is 0 Å². The first kappa shape index (κ1) is 36.7. The van der Waals surface area contributed by atoms with Gasteiger partial charge in [0.1, 0.15) is 0 Å². The Bertz CT molecular complexity index is 123. The van der Waals surface area contributed by atoms with E-state index in [1.54, 1.807) is 0 Å². The summed E-state index contributed by atoms with van der Waals surface area (Å²) in [5, 5.41) is 19.5. The predicted octanol–water partition coefficient (Wildman–Crippen LogP) is -5.25. The molecule has 0 fully saturated rings. The van der Waals surface area contributed by atoms with Crippen LogP contribution in [0.2, 0.25) is 0 Å². The SMILES string of the molecule is O.O.O.O.O=C([O-])CCCCC(=O)[O-].[Ni+2]. The molecule has 0 rings (SSSR count). The number of hydrogen-bond donors (Lipinski definition) is 0. The number of carboxylic acid groups (broad SMARTS) is 2. The Morgan fingerprint density at radius 1 is 0.733 bits per heavy atom. The van der Waals surface area contributed by atoms with Gasteiger partial charge in [-0.05, 0) is 25.7 Å². The van der Waals surface area contributed by atoms with Crippen molar-refractivity contribution >= 4 is 11.9 Å². The molecule has 0 saturated carbocycles. The van der Waals surface area contributed by atoms with Crippen molar-refractivity contribution in [3.63, 3.8) is 0 Å².